The standard InChI is InChI=1S/C24H23ClN2O2/c25-22-10-3-2-9-21(22)24(28)27-20-8-5-6-17(13-20)14-26-15-18-12-19-7-1-4-11-23(19)29-16-18/h1-11,13,18,26H,12,14-16H2,(H,27,28). The van der Waals surface area contributed by atoms with Gasteiger partial charge in [0.2, 0.25) is 0 Å². The van der Waals surface area contributed by atoms with Crippen molar-refractivity contribution in [3.05, 3.63) is 94.5 Å². The second-order valence-electron chi connectivity index (χ2n) is 7.25. The largest absolute Gasteiger partial charge is 0.493 e. The maximum atomic E-state index is 12.4. The molecule has 5 heteroatoms. The molecule has 4 rings (SSSR count). The fourth-order valence-electron chi connectivity index (χ4n) is 3.55. The van der Waals surface area contributed by atoms with E-state index in [0.717, 1.165) is 43.1 Å². The van der Waals surface area contributed by atoms with E-state index in [0.29, 0.717) is 16.5 Å². The summed E-state index contributed by atoms with van der Waals surface area (Å²) >= 11 is 6.11. The highest BCUT2D eigenvalue weighted by Gasteiger charge is 2.19. The van der Waals surface area contributed by atoms with E-state index in [-0.39, 0.29) is 5.91 Å². The number of fused-ring (bicyclic) bond motifs is 1. The highest BCUT2D eigenvalue weighted by atomic mass is 35.5. The van der Waals surface area contributed by atoms with Crippen LogP contribution < -0.4 is 15.4 Å². The van der Waals surface area contributed by atoms with Crippen LogP contribution in [0.2, 0.25) is 5.02 Å². The molecule has 29 heavy (non-hydrogen) atoms. The molecule has 0 bridgehead atoms. The Bertz CT molecular complexity index is 1010. The van der Waals surface area contributed by atoms with Crippen LogP contribution in [-0.2, 0) is 13.0 Å². The number of rotatable bonds is 6. The van der Waals surface area contributed by atoms with E-state index in [1.807, 2.05) is 36.4 Å². The Balaban J connectivity index is 1.30. The fraction of sp³-hybridized carbons (Fsp3) is 0.208. The average Bonchev–Trinajstić information content (AvgIpc) is 2.74. The summed E-state index contributed by atoms with van der Waals surface area (Å²) in [4.78, 5) is 12.4. The molecule has 1 aliphatic heterocycles. The van der Waals surface area contributed by atoms with E-state index < -0.39 is 0 Å². The van der Waals surface area contributed by atoms with Crippen LogP contribution in [0, 0.1) is 5.92 Å². The van der Waals surface area contributed by atoms with Crippen molar-refractivity contribution in [2.45, 2.75) is 13.0 Å². The summed E-state index contributed by atoms with van der Waals surface area (Å²) in [7, 11) is 0. The first-order valence-corrected chi connectivity index (χ1v) is 10.1. The zero-order valence-corrected chi connectivity index (χ0v) is 16.8. The number of carbonyl (C=O) groups is 1. The molecule has 0 radical (unpaired) electrons. The van der Waals surface area contributed by atoms with E-state index >= 15 is 0 Å². The van der Waals surface area contributed by atoms with Crippen molar-refractivity contribution in [2.75, 3.05) is 18.5 Å². The van der Waals surface area contributed by atoms with Gasteiger partial charge in [-0.1, -0.05) is 54.1 Å². The SMILES string of the molecule is O=C(Nc1cccc(CNCC2COc3ccccc3C2)c1)c1ccccc1Cl. The number of carbonyl (C=O) groups excluding carboxylic acids is 1. The number of halogens is 1. The highest BCUT2D eigenvalue weighted by molar-refractivity contribution is 6.34. The smallest absolute Gasteiger partial charge is 0.257 e. The molecule has 1 heterocycles. The molecule has 0 spiro atoms. The first-order valence-electron chi connectivity index (χ1n) is 9.75. The summed E-state index contributed by atoms with van der Waals surface area (Å²) in [5.74, 6) is 1.25. The summed E-state index contributed by atoms with van der Waals surface area (Å²) < 4.78 is 5.86. The van der Waals surface area contributed by atoms with Crippen molar-refractivity contribution in [3.8, 4) is 5.75 Å². The molecule has 1 amide bonds. The number of benzene rings is 3. The van der Waals surface area contributed by atoms with Gasteiger partial charge in [0.05, 0.1) is 17.2 Å². The number of amides is 1. The van der Waals surface area contributed by atoms with Gasteiger partial charge in [-0.25, -0.2) is 0 Å². The highest BCUT2D eigenvalue weighted by Crippen LogP contribution is 2.26. The van der Waals surface area contributed by atoms with Crippen molar-refractivity contribution in [1.29, 1.82) is 0 Å². The molecule has 0 aliphatic carbocycles. The van der Waals surface area contributed by atoms with Crippen LogP contribution in [0.4, 0.5) is 5.69 Å². The summed E-state index contributed by atoms with van der Waals surface area (Å²) in [6.07, 6.45) is 1.02. The summed E-state index contributed by atoms with van der Waals surface area (Å²) in [6.45, 7) is 2.34. The second-order valence-corrected chi connectivity index (χ2v) is 7.66. The Hall–Kier alpha value is -2.82. The van der Waals surface area contributed by atoms with Crippen molar-refractivity contribution < 1.29 is 9.53 Å². The van der Waals surface area contributed by atoms with E-state index in [1.54, 1.807) is 24.3 Å². The van der Waals surface area contributed by atoms with E-state index in [1.165, 1.54) is 5.56 Å². The lowest BCUT2D eigenvalue weighted by Gasteiger charge is -2.25. The predicted octanol–water partition coefficient (Wildman–Crippen LogP) is 4.93. The summed E-state index contributed by atoms with van der Waals surface area (Å²) in [5, 5.41) is 6.87. The van der Waals surface area contributed by atoms with Gasteiger partial charge in [0.1, 0.15) is 5.75 Å². The second kappa shape index (κ2) is 9.12. The Kier molecular flexibility index (Phi) is 6.13. The lowest BCUT2D eigenvalue weighted by Crippen LogP contribution is -2.31. The van der Waals surface area contributed by atoms with Crippen LogP contribution >= 0.6 is 11.6 Å². The Morgan fingerprint density at radius 1 is 1.03 bits per heavy atom. The third kappa shape index (κ3) is 4.97. The number of hydrogen-bond acceptors (Lipinski definition) is 3. The molecule has 3 aromatic rings. The molecule has 4 nitrogen and oxygen atoms in total. The van der Waals surface area contributed by atoms with E-state index in [4.69, 9.17) is 16.3 Å². The first-order chi connectivity index (χ1) is 14.2. The molecule has 0 saturated heterocycles. The lowest BCUT2D eigenvalue weighted by molar-refractivity contribution is 0.102. The molecule has 1 atom stereocenters. The minimum absolute atomic E-state index is 0.210. The van der Waals surface area contributed by atoms with E-state index in [2.05, 4.69) is 22.8 Å². The lowest BCUT2D eigenvalue weighted by atomic mass is 9.97. The summed E-state index contributed by atoms with van der Waals surface area (Å²) in [5.41, 5.74) is 3.60. The van der Waals surface area contributed by atoms with Crippen LogP contribution in [0.15, 0.2) is 72.8 Å². The van der Waals surface area contributed by atoms with Crippen LogP contribution in [0.5, 0.6) is 5.75 Å². The molecule has 3 aromatic carbocycles. The van der Waals surface area contributed by atoms with Gasteiger partial charge >= 0.3 is 0 Å². The van der Waals surface area contributed by atoms with Gasteiger partial charge in [0.15, 0.2) is 0 Å². The third-order valence-corrected chi connectivity index (χ3v) is 5.35. The Morgan fingerprint density at radius 2 is 1.86 bits per heavy atom. The molecule has 0 saturated carbocycles. The third-order valence-electron chi connectivity index (χ3n) is 5.02. The summed E-state index contributed by atoms with van der Waals surface area (Å²) in [6, 6.07) is 23.1. The fourth-order valence-corrected chi connectivity index (χ4v) is 3.77. The average molecular weight is 407 g/mol. The molecule has 1 unspecified atom stereocenters. The molecule has 2 N–H and O–H groups in total. The maximum Gasteiger partial charge on any atom is 0.257 e. The van der Waals surface area contributed by atoms with Gasteiger partial charge in [0.25, 0.3) is 5.91 Å². The Morgan fingerprint density at radius 3 is 2.76 bits per heavy atom. The Labute approximate surface area is 175 Å². The van der Waals surface area contributed by atoms with Gasteiger partial charge in [-0.2, -0.15) is 0 Å². The topological polar surface area (TPSA) is 50.4 Å². The van der Waals surface area contributed by atoms with Crippen molar-refractivity contribution in [1.82, 2.24) is 5.32 Å². The van der Waals surface area contributed by atoms with Crippen LogP contribution in [0.25, 0.3) is 0 Å². The minimum Gasteiger partial charge on any atom is -0.493 e. The van der Waals surface area contributed by atoms with Crippen LogP contribution in [-0.4, -0.2) is 19.1 Å². The first kappa shape index (κ1) is 19.5. The zero-order valence-electron chi connectivity index (χ0n) is 16.0. The number of hydrogen-bond donors (Lipinski definition) is 2. The molecule has 1 aliphatic rings. The number of nitrogens with one attached hydrogen (secondary N) is 2. The van der Waals surface area contributed by atoms with Gasteiger partial charge in [-0.05, 0) is 47.9 Å². The van der Waals surface area contributed by atoms with Crippen LogP contribution in [0.1, 0.15) is 21.5 Å². The van der Waals surface area contributed by atoms with Crippen molar-refractivity contribution >= 4 is 23.2 Å². The predicted molar refractivity (Wildman–Crippen MR) is 117 cm³/mol. The molecule has 0 fully saturated rings. The molecule has 148 valence electrons. The minimum atomic E-state index is -0.210. The van der Waals surface area contributed by atoms with Gasteiger partial charge in [0, 0.05) is 24.7 Å². The van der Waals surface area contributed by atoms with Crippen molar-refractivity contribution in [2.24, 2.45) is 5.92 Å². The van der Waals surface area contributed by atoms with E-state index in [9.17, 15) is 4.79 Å². The number of ether oxygens (including phenoxy) is 1. The molecular weight excluding hydrogens is 384 g/mol. The van der Waals surface area contributed by atoms with Crippen molar-refractivity contribution in [3.63, 3.8) is 0 Å². The number of anilines is 1. The molecule has 0 aromatic heterocycles. The van der Waals surface area contributed by atoms with Gasteiger partial charge < -0.3 is 15.4 Å². The van der Waals surface area contributed by atoms with Crippen LogP contribution in [0.3, 0.4) is 0 Å². The zero-order chi connectivity index (χ0) is 20.1. The quantitative estimate of drug-likeness (QED) is 0.610. The van der Waals surface area contributed by atoms with Gasteiger partial charge in [-0.3, -0.25) is 4.79 Å². The normalized spacial score (nSPS) is 15.3. The maximum absolute atomic E-state index is 12.4. The monoisotopic (exact) mass is 406 g/mol. The number of para-hydroxylation sites is 1. The van der Waals surface area contributed by atoms with Gasteiger partial charge in [-0.15, -0.1) is 0 Å². The molecular formula is C24H23ClN2O2.